The second kappa shape index (κ2) is 4.71. The molecule has 0 amide bonds. The molecule has 0 aliphatic rings. The third kappa shape index (κ3) is 68.1. The van der Waals surface area contributed by atoms with Crippen molar-refractivity contribution in [1.82, 2.24) is 0 Å². The Balaban J connectivity index is 0. The first-order valence-electron chi connectivity index (χ1n) is 1.50. The zero-order valence-electron chi connectivity index (χ0n) is 4.00. The van der Waals surface area contributed by atoms with E-state index in [4.69, 9.17) is 0 Å². The Hall–Kier alpha value is 0.714. The van der Waals surface area contributed by atoms with E-state index < -0.39 is 0 Å². The topological polar surface area (TPSA) is 0 Å². The van der Waals surface area contributed by atoms with Crippen molar-refractivity contribution in [2.45, 2.75) is 20.8 Å². The van der Waals surface area contributed by atoms with Crippen molar-refractivity contribution < 1.29 is 21.7 Å². The Morgan fingerprint density at radius 3 is 1.00 bits per heavy atom. The van der Waals surface area contributed by atoms with Gasteiger partial charge in [-0.05, 0) is 0 Å². The molecular weight excluding hydrogens is 95.9 g/mol. The fourth-order valence-corrected chi connectivity index (χ4v) is 0. The molecule has 0 aliphatic carbocycles. The quantitative estimate of drug-likeness (QED) is 0.324. The monoisotopic (exact) mass is 105 g/mol. The molecule has 0 saturated carbocycles. The van der Waals surface area contributed by atoms with Gasteiger partial charge in [0.25, 0.3) is 0 Å². The molecule has 0 atom stereocenters. The smallest absolute Gasteiger partial charge is 0.323 e. The Morgan fingerprint density at radius 2 is 1.00 bits per heavy atom. The zero-order chi connectivity index (χ0) is 3.58. The van der Waals surface area contributed by atoms with Crippen LogP contribution in [0.5, 0.6) is 0 Å². The molecule has 0 aromatic heterocycles. The van der Waals surface area contributed by atoms with Crippen molar-refractivity contribution in [2.75, 3.05) is 0 Å². The molecule has 0 heterocycles. The van der Waals surface area contributed by atoms with Crippen LogP contribution in [0.1, 0.15) is 20.8 Å². The van der Waals surface area contributed by atoms with Crippen LogP contribution in [0.4, 0.5) is 0 Å². The third-order valence-corrected chi connectivity index (χ3v) is 0. The van der Waals surface area contributed by atoms with Gasteiger partial charge in [-0.1, -0.05) is 0 Å². The van der Waals surface area contributed by atoms with E-state index >= 15 is 0 Å². The number of hydrogen-bond acceptors (Lipinski definition) is 0. The van der Waals surface area contributed by atoms with Gasteiger partial charge in [-0.25, -0.2) is 0 Å². The summed E-state index contributed by atoms with van der Waals surface area (Å²) in [5.74, 6) is 1.42. The van der Waals surface area contributed by atoms with Crippen LogP contribution in [0.3, 0.4) is 0 Å². The molecule has 0 bridgehead atoms. The summed E-state index contributed by atoms with van der Waals surface area (Å²) in [6.07, 6.45) is 0. The van der Waals surface area contributed by atoms with Crippen LogP contribution in [0, 0.1) is 5.92 Å². The van der Waals surface area contributed by atoms with Crippen LogP contribution in [0.2, 0.25) is 0 Å². The van der Waals surface area contributed by atoms with E-state index in [-0.39, 0.29) is 21.7 Å². The van der Waals surface area contributed by atoms with Gasteiger partial charge < -0.3 is 5.92 Å². The minimum absolute atomic E-state index is 0. The standard InChI is InChI=1S/C4H9.Ti/c1-4(2)3;/h1-3H3;/q-1;+2. The average Bonchev–Trinajstić information content (AvgIpc) is 0.811. The molecule has 0 fully saturated rings. The van der Waals surface area contributed by atoms with Gasteiger partial charge in [0, 0.05) is 0 Å². The van der Waals surface area contributed by atoms with E-state index in [2.05, 4.69) is 20.8 Å². The van der Waals surface area contributed by atoms with Gasteiger partial charge in [-0.2, -0.15) is 20.8 Å². The fraction of sp³-hybridized carbons (Fsp3) is 0.750. The van der Waals surface area contributed by atoms with E-state index in [0.717, 1.165) is 0 Å². The van der Waals surface area contributed by atoms with Gasteiger partial charge in [0.1, 0.15) is 0 Å². The minimum atomic E-state index is 0. The van der Waals surface area contributed by atoms with E-state index in [9.17, 15) is 0 Å². The summed E-state index contributed by atoms with van der Waals surface area (Å²) in [6.45, 7) is 6.25. The molecule has 28 valence electrons. The van der Waals surface area contributed by atoms with Crippen LogP contribution >= 0.6 is 0 Å². The van der Waals surface area contributed by atoms with E-state index in [0.29, 0.717) is 0 Å². The predicted molar refractivity (Wildman–Crippen MR) is 20.3 cm³/mol. The summed E-state index contributed by atoms with van der Waals surface area (Å²) in [4.78, 5) is 0. The summed E-state index contributed by atoms with van der Waals surface area (Å²) in [5, 5.41) is 0. The van der Waals surface area contributed by atoms with Crippen molar-refractivity contribution in [3.8, 4) is 0 Å². The second-order valence-electron chi connectivity index (χ2n) is 1.50. The maximum Gasteiger partial charge on any atom is 2.00 e. The molecule has 0 spiro atoms. The van der Waals surface area contributed by atoms with Crippen molar-refractivity contribution in [3.05, 3.63) is 5.92 Å². The van der Waals surface area contributed by atoms with Crippen LogP contribution in [0.25, 0.3) is 0 Å². The molecule has 1 heteroatoms. The Labute approximate surface area is 48.8 Å². The zero-order valence-corrected chi connectivity index (χ0v) is 5.56. The van der Waals surface area contributed by atoms with Gasteiger partial charge in [-0.15, -0.1) is 0 Å². The fourth-order valence-electron chi connectivity index (χ4n) is 0. The Morgan fingerprint density at radius 1 is 1.00 bits per heavy atom. The summed E-state index contributed by atoms with van der Waals surface area (Å²) in [5.41, 5.74) is 0. The number of rotatable bonds is 0. The maximum absolute atomic E-state index is 2.08. The second-order valence-corrected chi connectivity index (χ2v) is 1.50. The largest absolute Gasteiger partial charge is 2.00 e. The first-order valence-corrected chi connectivity index (χ1v) is 1.50. The molecule has 0 N–H and O–H groups in total. The summed E-state index contributed by atoms with van der Waals surface area (Å²) < 4.78 is 0. The van der Waals surface area contributed by atoms with Crippen LogP contribution < -0.4 is 0 Å². The van der Waals surface area contributed by atoms with Gasteiger partial charge in [0.15, 0.2) is 0 Å². The predicted octanol–water partition coefficient (Wildman–Crippen LogP) is 1.62. The summed E-state index contributed by atoms with van der Waals surface area (Å²) >= 11 is 0. The molecule has 0 unspecified atom stereocenters. The maximum atomic E-state index is 2.08. The van der Waals surface area contributed by atoms with Crippen molar-refractivity contribution in [2.24, 2.45) is 0 Å². The van der Waals surface area contributed by atoms with Crippen LogP contribution in [-0.4, -0.2) is 0 Å². The Bertz CT molecular complexity index is 8.36. The van der Waals surface area contributed by atoms with Gasteiger partial charge >= 0.3 is 21.7 Å². The number of hydrogen-bond donors (Lipinski definition) is 0. The summed E-state index contributed by atoms with van der Waals surface area (Å²) in [6, 6.07) is 0. The van der Waals surface area contributed by atoms with Crippen molar-refractivity contribution in [3.63, 3.8) is 0 Å². The molecule has 0 aliphatic heterocycles. The minimum Gasteiger partial charge on any atom is -0.323 e. The molecule has 5 heavy (non-hydrogen) atoms. The van der Waals surface area contributed by atoms with Gasteiger partial charge in [-0.3, -0.25) is 0 Å². The van der Waals surface area contributed by atoms with Crippen molar-refractivity contribution in [1.29, 1.82) is 0 Å². The van der Waals surface area contributed by atoms with E-state index in [1.165, 1.54) is 5.92 Å². The molecular formula is C4H9Ti+. The normalized spacial score (nSPS) is 7.20. The average molecular weight is 105 g/mol. The van der Waals surface area contributed by atoms with E-state index in [1.807, 2.05) is 0 Å². The van der Waals surface area contributed by atoms with Crippen LogP contribution in [-0.2, 0) is 21.7 Å². The molecule has 0 aromatic rings. The first kappa shape index (κ1) is 9.21. The molecule has 0 saturated heterocycles. The molecule has 0 rings (SSSR count). The van der Waals surface area contributed by atoms with Crippen molar-refractivity contribution >= 4 is 0 Å². The summed E-state index contributed by atoms with van der Waals surface area (Å²) in [7, 11) is 0. The Kier molecular flexibility index (Phi) is 8.68. The van der Waals surface area contributed by atoms with Gasteiger partial charge in [0.05, 0.1) is 0 Å². The van der Waals surface area contributed by atoms with Crippen LogP contribution in [0.15, 0.2) is 0 Å². The third-order valence-electron chi connectivity index (χ3n) is 0. The molecule has 0 radical (unpaired) electrons. The SMILES string of the molecule is C[C-](C)C.[Ti+2]. The van der Waals surface area contributed by atoms with Gasteiger partial charge in [0.2, 0.25) is 0 Å². The molecule has 0 aromatic carbocycles. The van der Waals surface area contributed by atoms with E-state index in [1.54, 1.807) is 0 Å². The first-order chi connectivity index (χ1) is 1.73. The molecule has 0 nitrogen and oxygen atoms in total.